The van der Waals surface area contributed by atoms with E-state index in [1.165, 1.54) is 6.20 Å². The molecule has 1 aliphatic rings. The van der Waals surface area contributed by atoms with Gasteiger partial charge < -0.3 is 10.3 Å². The highest BCUT2D eigenvalue weighted by Gasteiger charge is 2.24. The Balaban J connectivity index is 1.68. The van der Waals surface area contributed by atoms with Gasteiger partial charge >= 0.3 is 4.87 Å². The van der Waals surface area contributed by atoms with E-state index in [0.29, 0.717) is 23.8 Å². The molecule has 10 heteroatoms. The summed E-state index contributed by atoms with van der Waals surface area (Å²) in [5.74, 6) is 0. The first-order valence-corrected chi connectivity index (χ1v) is 8.83. The van der Waals surface area contributed by atoms with Crippen LogP contribution in [-0.4, -0.2) is 29.6 Å². The number of aromatic nitrogens is 3. The topological polar surface area (TPSA) is 120 Å². The van der Waals surface area contributed by atoms with Crippen molar-refractivity contribution in [3.05, 3.63) is 32.5 Å². The van der Waals surface area contributed by atoms with Crippen LogP contribution in [0, 0.1) is 0 Å². The normalized spacial score (nSPS) is 15.4. The van der Waals surface area contributed by atoms with Crippen LogP contribution in [0.4, 0.5) is 0 Å². The van der Waals surface area contributed by atoms with E-state index in [4.69, 9.17) is 0 Å². The van der Waals surface area contributed by atoms with Crippen LogP contribution in [0.3, 0.4) is 0 Å². The molecule has 0 unspecified atom stereocenters. The van der Waals surface area contributed by atoms with Gasteiger partial charge in [-0.25, -0.2) is 13.1 Å². The van der Waals surface area contributed by atoms with Crippen molar-refractivity contribution in [1.82, 2.24) is 25.2 Å². The van der Waals surface area contributed by atoms with Crippen LogP contribution in [0.2, 0.25) is 0 Å². The van der Waals surface area contributed by atoms with E-state index in [1.807, 2.05) is 0 Å². The highest BCUT2D eigenvalue weighted by atomic mass is 32.2. The quantitative estimate of drug-likeness (QED) is 0.565. The molecule has 0 saturated heterocycles. The van der Waals surface area contributed by atoms with E-state index < -0.39 is 10.0 Å². The molecule has 0 aliphatic heterocycles. The predicted molar refractivity (Wildman–Crippen MR) is 77.4 cm³/mol. The number of aromatic amines is 2. The summed E-state index contributed by atoms with van der Waals surface area (Å²) in [5.41, 5.74) is 1.14. The third kappa shape index (κ3) is 3.59. The summed E-state index contributed by atoms with van der Waals surface area (Å²) in [6.45, 7) is 0.502. The lowest BCUT2D eigenvalue weighted by Crippen LogP contribution is -2.26. The largest absolute Gasteiger partial charge is 0.315 e. The van der Waals surface area contributed by atoms with E-state index in [9.17, 15) is 13.2 Å². The second kappa shape index (κ2) is 5.72. The SMILES string of the molecule is O=c1[nH]c(CNS(=O)(=O)c2[nH]ncc2CNC2CC2)cs1. The van der Waals surface area contributed by atoms with E-state index in [2.05, 4.69) is 25.2 Å². The van der Waals surface area contributed by atoms with Gasteiger partial charge in [-0.15, -0.1) is 0 Å². The molecule has 2 aromatic rings. The molecule has 21 heavy (non-hydrogen) atoms. The number of H-pyrrole nitrogens is 2. The van der Waals surface area contributed by atoms with Gasteiger partial charge in [0.1, 0.15) is 0 Å². The lowest BCUT2D eigenvalue weighted by Gasteiger charge is -2.06. The summed E-state index contributed by atoms with van der Waals surface area (Å²) in [4.78, 5) is 13.4. The summed E-state index contributed by atoms with van der Waals surface area (Å²) >= 11 is 0.998. The van der Waals surface area contributed by atoms with Crippen molar-refractivity contribution in [3.8, 4) is 0 Å². The van der Waals surface area contributed by atoms with Crippen molar-refractivity contribution < 1.29 is 8.42 Å². The van der Waals surface area contributed by atoms with Gasteiger partial charge in [0.15, 0.2) is 5.03 Å². The molecule has 0 spiro atoms. The van der Waals surface area contributed by atoms with Crippen molar-refractivity contribution >= 4 is 21.4 Å². The van der Waals surface area contributed by atoms with Gasteiger partial charge in [0.25, 0.3) is 10.0 Å². The van der Waals surface area contributed by atoms with Gasteiger partial charge in [-0.2, -0.15) is 5.10 Å². The standard InChI is InChI=1S/C11H15N5O3S2/c17-11-15-9(6-20-11)5-14-21(18,19)10-7(4-13-16-10)3-12-8-1-2-8/h4,6,8,12,14H,1-3,5H2,(H,13,16)(H,15,17). The summed E-state index contributed by atoms with van der Waals surface area (Å²) in [7, 11) is -3.69. The Morgan fingerprint density at radius 3 is 2.86 bits per heavy atom. The minimum Gasteiger partial charge on any atom is -0.315 e. The average Bonchev–Trinajstić information content (AvgIpc) is 2.97. The van der Waals surface area contributed by atoms with Gasteiger partial charge in [-0.05, 0) is 12.8 Å². The molecule has 0 amide bonds. The van der Waals surface area contributed by atoms with Crippen LogP contribution >= 0.6 is 11.3 Å². The fraction of sp³-hybridized carbons (Fsp3) is 0.455. The van der Waals surface area contributed by atoms with E-state index in [-0.39, 0.29) is 16.4 Å². The van der Waals surface area contributed by atoms with Crippen molar-refractivity contribution in [2.24, 2.45) is 0 Å². The number of sulfonamides is 1. The van der Waals surface area contributed by atoms with Gasteiger partial charge in [-0.3, -0.25) is 9.89 Å². The molecule has 1 aliphatic carbocycles. The number of nitrogens with zero attached hydrogens (tertiary/aromatic N) is 1. The third-order valence-corrected chi connectivity index (χ3v) is 5.26. The molecule has 1 saturated carbocycles. The number of hydrogen-bond acceptors (Lipinski definition) is 6. The van der Waals surface area contributed by atoms with Crippen LogP contribution in [0.5, 0.6) is 0 Å². The van der Waals surface area contributed by atoms with Crippen molar-refractivity contribution in [3.63, 3.8) is 0 Å². The Morgan fingerprint density at radius 1 is 1.38 bits per heavy atom. The number of thiazole rings is 1. The summed E-state index contributed by atoms with van der Waals surface area (Å²) in [6.07, 6.45) is 3.77. The zero-order chi connectivity index (χ0) is 14.9. The fourth-order valence-corrected chi connectivity index (χ4v) is 3.56. The third-order valence-electron chi connectivity index (χ3n) is 3.13. The first kappa shape index (κ1) is 14.4. The second-order valence-corrected chi connectivity index (χ2v) is 7.42. The maximum absolute atomic E-state index is 12.3. The molecule has 0 radical (unpaired) electrons. The minimum absolute atomic E-state index is 0.0373. The molecule has 4 N–H and O–H groups in total. The van der Waals surface area contributed by atoms with Crippen molar-refractivity contribution in [1.29, 1.82) is 0 Å². The van der Waals surface area contributed by atoms with Crippen molar-refractivity contribution in [2.75, 3.05) is 0 Å². The Bertz CT molecular complexity index is 772. The Labute approximate surface area is 125 Å². The lowest BCUT2D eigenvalue weighted by molar-refractivity contribution is 0.572. The second-order valence-electron chi connectivity index (χ2n) is 4.88. The van der Waals surface area contributed by atoms with E-state index in [0.717, 1.165) is 24.2 Å². The molecule has 0 bridgehead atoms. The smallest absolute Gasteiger partial charge is 0.304 e. The molecule has 0 atom stereocenters. The van der Waals surface area contributed by atoms with Gasteiger partial charge in [0.05, 0.1) is 12.7 Å². The Kier molecular flexibility index (Phi) is 3.93. The molecule has 0 aromatic carbocycles. The van der Waals surface area contributed by atoms with Gasteiger partial charge in [0.2, 0.25) is 0 Å². The molecular formula is C11H15N5O3S2. The van der Waals surface area contributed by atoms with Crippen LogP contribution < -0.4 is 14.9 Å². The van der Waals surface area contributed by atoms with Gasteiger partial charge in [-0.1, -0.05) is 11.3 Å². The summed E-state index contributed by atoms with van der Waals surface area (Å²) < 4.78 is 27.0. The van der Waals surface area contributed by atoms with Crippen LogP contribution in [0.1, 0.15) is 24.1 Å². The first-order valence-electron chi connectivity index (χ1n) is 6.46. The summed E-state index contributed by atoms with van der Waals surface area (Å²) in [6, 6.07) is 0.485. The number of hydrogen-bond donors (Lipinski definition) is 4. The monoisotopic (exact) mass is 329 g/mol. The number of nitrogens with one attached hydrogen (secondary N) is 4. The zero-order valence-corrected chi connectivity index (χ0v) is 12.7. The molecule has 8 nitrogen and oxygen atoms in total. The fourth-order valence-electron chi connectivity index (χ4n) is 1.85. The molecule has 3 rings (SSSR count). The lowest BCUT2D eigenvalue weighted by atomic mass is 10.3. The highest BCUT2D eigenvalue weighted by molar-refractivity contribution is 7.89. The van der Waals surface area contributed by atoms with E-state index >= 15 is 0 Å². The highest BCUT2D eigenvalue weighted by Crippen LogP contribution is 2.20. The molecule has 1 fully saturated rings. The maximum atomic E-state index is 12.3. The molecule has 2 heterocycles. The van der Waals surface area contributed by atoms with Crippen LogP contribution in [0.15, 0.2) is 21.4 Å². The first-order chi connectivity index (χ1) is 10.0. The number of rotatable bonds is 7. The maximum Gasteiger partial charge on any atom is 0.304 e. The van der Waals surface area contributed by atoms with E-state index in [1.54, 1.807) is 5.38 Å². The molecule has 114 valence electrons. The van der Waals surface area contributed by atoms with Crippen molar-refractivity contribution in [2.45, 2.75) is 37.0 Å². The van der Waals surface area contributed by atoms with Gasteiger partial charge in [0, 0.05) is 29.2 Å². The van der Waals surface area contributed by atoms with Crippen LogP contribution in [0.25, 0.3) is 0 Å². The minimum atomic E-state index is -3.69. The average molecular weight is 329 g/mol. The predicted octanol–water partition coefficient (Wildman–Crippen LogP) is -0.110. The zero-order valence-electron chi connectivity index (χ0n) is 11.0. The molecule has 2 aromatic heterocycles. The summed E-state index contributed by atoms with van der Waals surface area (Å²) in [5, 5.41) is 11.2. The Hall–Kier alpha value is -1.49. The molecular weight excluding hydrogens is 314 g/mol. The Morgan fingerprint density at radius 2 is 2.19 bits per heavy atom. The van der Waals surface area contributed by atoms with Crippen LogP contribution in [-0.2, 0) is 23.1 Å².